The van der Waals surface area contributed by atoms with Crippen LogP contribution < -0.4 is 15.6 Å². The number of amides is 2. The number of nitrogens with one attached hydrogen (secondary N) is 2. The Morgan fingerprint density at radius 2 is 1.68 bits per heavy atom. The quantitative estimate of drug-likeness (QED) is 0.148. The molecule has 0 heterocycles. The van der Waals surface area contributed by atoms with Gasteiger partial charge in [-0.2, -0.15) is 5.10 Å². The Balaban J connectivity index is 1.84. The highest BCUT2D eigenvalue weighted by Gasteiger charge is 2.14. The van der Waals surface area contributed by atoms with E-state index in [1.807, 2.05) is 78.0 Å². The van der Waals surface area contributed by atoms with Crippen LogP contribution >= 0.6 is 45.2 Å². The van der Waals surface area contributed by atoms with Gasteiger partial charge in [0.1, 0.15) is 11.4 Å². The molecule has 3 aromatic carbocycles. The zero-order chi connectivity index (χ0) is 24.7. The molecular weight excluding hydrogens is 658 g/mol. The van der Waals surface area contributed by atoms with Crippen LogP contribution in [0, 0.1) is 7.14 Å². The SMILES string of the molecule is CN(C)c1ccc(/C=C(\NC(=O)c2ccccc2)C(=O)N/N=C/c2cc(I)cc(I)c2O)cc1. The van der Waals surface area contributed by atoms with Gasteiger partial charge in [-0.15, -0.1) is 0 Å². The van der Waals surface area contributed by atoms with Gasteiger partial charge in [-0.1, -0.05) is 30.3 Å². The third-order valence-electron chi connectivity index (χ3n) is 4.68. The van der Waals surface area contributed by atoms with Crippen molar-refractivity contribution in [1.82, 2.24) is 10.7 Å². The number of carbonyl (C=O) groups excluding carboxylic acids is 2. The Hall–Kier alpha value is -2.93. The summed E-state index contributed by atoms with van der Waals surface area (Å²) in [6.07, 6.45) is 2.94. The Kier molecular flexibility index (Phi) is 9.05. The van der Waals surface area contributed by atoms with Crippen LogP contribution in [-0.4, -0.2) is 37.2 Å². The molecule has 0 aliphatic carbocycles. The number of hydrazone groups is 1. The normalized spacial score (nSPS) is 11.4. The number of phenolic OH excluding ortho intramolecular Hbond substituents is 1. The summed E-state index contributed by atoms with van der Waals surface area (Å²) < 4.78 is 1.60. The fourth-order valence-corrected chi connectivity index (χ4v) is 4.77. The van der Waals surface area contributed by atoms with Crippen molar-refractivity contribution in [1.29, 1.82) is 0 Å². The van der Waals surface area contributed by atoms with Crippen LogP contribution in [0.2, 0.25) is 0 Å². The van der Waals surface area contributed by atoms with Gasteiger partial charge in [-0.05, 0) is 93.2 Å². The molecule has 0 aliphatic heterocycles. The lowest BCUT2D eigenvalue weighted by atomic mass is 10.1. The lowest BCUT2D eigenvalue weighted by Gasteiger charge is -2.12. The summed E-state index contributed by atoms with van der Waals surface area (Å²) in [4.78, 5) is 27.6. The summed E-state index contributed by atoms with van der Waals surface area (Å²) in [5.74, 6) is -0.939. The van der Waals surface area contributed by atoms with E-state index in [-0.39, 0.29) is 11.4 Å². The average molecular weight is 680 g/mol. The third-order valence-corrected chi connectivity index (χ3v) is 6.12. The van der Waals surface area contributed by atoms with Gasteiger partial charge in [0.15, 0.2) is 0 Å². The lowest BCUT2D eigenvalue weighted by Crippen LogP contribution is -2.32. The molecule has 3 rings (SSSR count). The van der Waals surface area contributed by atoms with Crippen molar-refractivity contribution < 1.29 is 14.7 Å². The second-order valence-corrected chi connectivity index (χ2v) is 9.80. The summed E-state index contributed by atoms with van der Waals surface area (Å²) in [5, 5.41) is 16.9. The summed E-state index contributed by atoms with van der Waals surface area (Å²) in [7, 11) is 3.88. The fourth-order valence-electron chi connectivity index (χ4n) is 2.88. The molecule has 0 atom stereocenters. The maximum atomic E-state index is 12.9. The molecule has 2 amide bonds. The molecule has 0 fully saturated rings. The van der Waals surface area contributed by atoms with Crippen molar-refractivity contribution in [3.63, 3.8) is 0 Å². The van der Waals surface area contributed by atoms with Crippen molar-refractivity contribution in [2.24, 2.45) is 5.10 Å². The monoisotopic (exact) mass is 680 g/mol. The minimum absolute atomic E-state index is 0.0325. The molecule has 0 aliphatic rings. The molecule has 0 aromatic heterocycles. The Morgan fingerprint density at radius 3 is 2.32 bits per heavy atom. The van der Waals surface area contributed by atoms with E-state index in [9.17, 15) is 14.7 Å². The highest BCUT2D eigenvalue weighted by atomic mass is 127. The number of aromatic hydroxyl groups is 1. The minimum atomic E-state index is -0.600. The maximum absolute atomic E-state index is 12.9. The smallest absolute Gasteiger partial charge is 0.287 e. The van der Waals surface area contributed by atoms with Crippen molar-refractivity contribution in [3.8, 4) is 5.75 Å². The Labute approximate surface area is 225 Å². The molecule has 3 N–H and O–H groups in total. The van der Waals surface area contributed by atoms with Crippen LogP contribution in [0.1, 0.15) is 21.5 Å². The Morgan fingerprint density at radius 1 is 1.00 bits per heavy atom. The lowest BCUT2D eigenvalue weighted by molar-refractivity contribution is -0.117. The molecule has 0 spiro atoms. The van der Waals surface area contributed by atoms with Gasteiger partial charge in [-0.25, -0.2) is 5.43 Å². The van der Waals surface area contributed by atoms with Gasteiger partial charge in [0.05, 0.1) is 9.78 Å². The van der Waals surface area contributed by atoms with E-state index in [0.717, 1.165) is 14.8 Å². The fraction of sp³-hybridized carbons (Fsp3) is 0.0800. The van der Waals surface area contributed by atoms with Crippen molar-refractivity contribution in [3.05, 3.63) is 96.3 Å². The molecular formula is C25H22I2N4O3. The van der Waals surface area contributed by atoms with Gasteiger partial charge >= 0.3 is 0 Å². The molecule has 7 nitrogen and oxygen atoms in total. The summed E-state index contributed by atoms with van der Waals surface area (Å²) >= 11 is 4.16. The van der Waals surface area contributed by atoms with E-state index in [1.54, 1.807) is 36.4 Å². The number of rotatable bonds is 7. The minimum Gasteiger partial charge on any atom is -0.506 e. The standard InChI is InChI=1S/C25H22I2N4O3/c1-31(2)20-10-8-16(9-11-20)12-22(29-24(33)17-6-4-3-5-7-17)25(34)30-28-15-18-13-19(26)14-21(27)23(18)32/h3-15,32H,1-2H3,(H,29,33)(H,30,34)/b22-12-,28-15+. The van der Waals surface area contributed by atoms with Crippen molar-refractivity contribution >= 4 is 75.0 Å². The molecule has 9 heteroatoms. The highest BCUT2D eigenvalue weighted by Crippen LogP contribution is 2.25. The first kappa shape index (κ1) is 25.7. The number of nitrogens with zero attached hydrogens (tertiary/aromatic N) is 2. The maximum Gasteiger partial charge on any atom is 0.287 e. The van der Waals surface area contributed by atoms with Gasteiger partial charge < -0.3 is 15.3 Å². The molecule has 0 unspecified atom stereocenters. The average Bonchev–Trinajstić information content (AvgIpc) is 2.82. The van der Waals surface area contributed by atoms with Crippen LogP contribution in [0.25, 0.3) is 6.08 Å². The number of hydrogen-bond acceptors (Lipinski definition) is 5. The van der Waals surface area contributed by atoms with Gasteiger partial charge in [0.25, 0.3) is 11.8 Å². The first-order valence-corrected chi connectivity index (χ1v) is 12.3. The molecule has 3 aromatic rings. The number of halogens is 2. The number of hydrogen-bond donors (Lipinski definition) is 3. The number of anilines is 1. The van der Waals surface area contributed by atoms with Gasteiger partial charge in [0.2, 0.25) is 0 Å². The topological polar surface area (TPSA) is 94.0 Å². The molecule has 0 bridgehead atoms. The summed E-state index contributed by atoms with van der Waals surface area (Å²) in [6.45, 7) is 0. The first-order chi connectivity index (χ1) is 16.2. The Bertz CT molecular complexity index is 1240. The number of phenols is 1. The summed E-state index contributed by atoms with van der Waals surface area (Å²) in [6, 6.07) is 19.7. The molecule has 0 radical (unpaired) electrons. The number of benzene rings is 3. The predicted octanol–water partition coefficient (Wildman–Crippen LogP) is 4.59. The van der Waals surface area contributed by atoms with Gasteiger partial charge in [0, 0.05) is 34.5 Å². The third kappa shape index (κ3) is 7.03. The van der Waals surface area contributed by atoms with E-state index in [1.165, 1.54) is 6.21 Å². The van der Waals surface area contributed by atoms with Crippen LogP contribution in [0.4, 0.5) is 5.69 Å². The van der Waals surface area contributed by atoms with Crippen molar-refractivity contribution in [2.75, 3.05) is 19.0 Å². The van der Waals surface area contributed by atoms with E-state index in [0.29, 0.717) is 14.7 Å². The van der Waals surface area contributed by atoms with Gasteiger partial charge in [-0.3, -0.25) is 9.59 Å². The van der Waals surface area contributed by atoms with Crippen LogP contribution in [0.15, 0.2) is 77.5 Å². The van der Waals surface area contributed by atoms with E-state index < -0.39 is 11.8 Å². The molecule has 0 saturated carbocycles. The van der Waals surface area contributed by atoms with Crippen LogP contribution in [0.5, 0.6) is 5.75 Å². The summed E-state index contributed by atoms with van der Waals surface area (Å²) in [5.41, 5.74) is 5.09. The highest BCUT2D eigenvalue weighted by molar-refractivity contribution is 14.1. The van der Waals surface area contributed by atoms with Crippen LogP contribution in [0.3, 0.4) is 0 Å². The largest absolute Gasteiger partial charge is 0.506 e. The second kappa shape index (κ2) is 12.0. The molecule has 0 saturated heterocycles. The predicted molar refractivity (Wildman–Crippen MR) is 152 cm³/mol. The number of carbonyl (C=O) groups is 2. The zero-order valence-electron chi connectivity index (χ0n) is 18.4. The molecule has 174 valence electrons. The van der Waals surface area contributed by atoms with E-state index in [2.05, 4.69) is 38.4 Å². The second-order valence-electron chi connectivity index (χ2n) is 7.39. The van der Waals surface area contributed by atoms with Crippen LogP contribution in [-0.2, 0) is 4.79 Å². The van der Waals surface area contributed by atoms with E-state index in [4.69, 9.17) is 0 Å². The first-order valence-electron chi connectivity index (χ1n) is 10.1. The molecule has 34 heavy (non-hydrogen) atoms. The van der Waals surface area contributed by atoms with Crippen molar-refractivity contribution in [2.45, 2.75) is 0 Å². The van der Waals surface area contributed by atoms with E-state index >= 15 is 0 Å². The zero-order valence-corrected chi connectivity index (χ0v) is 22.7.